The number of aromatic nitrogens is 2. The van der Waals surface area contributed by atoms with Gasteiger partial charge in [0.25, 0.3) is 0 Å². The van der Waals surface area contributed by atoms with Gasteiger partial charge in [0, 0.05) is 18.2 Å². The average Bonchev–Trinajstić information content (AvgIpc) is 3.10. The molecule has 0 atom stereocenters. The molecule has 1 heterocycles. The van der Waals surface area contributed by atoms with Crippen molar-refractivity contribution in [2.45, 2.75) is 6.61 Å². The lowest BCUT2D eigenvalue weighted by Crippen LogP contribution is -1.96. The van der Waals surface area contributed by atoms with Gasteiger partial charge in [-0.2, -0.15) is 5.10 Å². The second-order valence-corrected chi connectivity index (χ2v) is 6.21. The molecule has 3 aromatic carbocycles. The molecule has 26 heavy (non-hydrogen) atoms. The highest BCUT2D eigenvalue weighted by Gasteiger charge is 2.10. The lowest BCUT2D eigenvalue weighted by molar-refractivity contribution is 0.306. The molecule has 3 nitrogen and oxygen atoms in total. The predicted octanol–water partition coefficient (Wildman–Crippen LogP) is 5.33. The fourth-order valence-electron chi connectivity index (χ4n) is 2.97. The van der Waals surface area contributed by atoms with E-state index >= 15 is 0 Å². The van der Waals surface area contributed by atoms with Crippen LogP contribution in [0.1, 0.15) is 5.56 Å². The van der Waals surface area contributed by atoms with Crippen LogP contribution in [0.3, 0.4) is 0 Å². The van der Waals surface area contributed by atoms with E-state index in [4.69, 9.17) is 4.74 Å². The van der Waals surface area contributed by atoms with Gasteiger partial charge in [0.15, 0.2) is 0 Å². The van der Waals surface area contributed by atoms with E-state index in [1.165, 1.54) is 0 Å². The Kier molecular flexibility index (Phi) is 4.52. The lowest BCUT2D eigenvalue weighted by atomic mass is 10.1. The number of ether oxygens (including phenoxy) is 1. The Hall–Kier alpha value is -3.33. The van der Waals surface area contributed by atoms with Crippen LogP contribution in [0.25, 0.3) is 22.5 Å². The minimum absolute atomic E-state index is 0.560. The van der Waals surface area contributed by atoms with E-state index in [1.807, 2.05) is 60.3 Å². The van der Waals surface area contributed by atoms with Crippen LogP contribution < -0.4 is 4.74 Å². The smallest absolute Gasteiger partial charge is 0.120 e. The van der Waals surface area contributed by atoms with Crippen molar-refractivity contribution in [2.24, 2.45) is 7.05 Å². The summed E-state index contributed by atoms with van der Waals surface area (Å²) >= 11 is 0. The Morgan fingerprint density at radius 2 is 1.46 bits per heavy atom. The highest BCUT2D eigenvalue weighted by molar-refractivity contribution is 5.69. The van der Waals surface area contributed by atoms with Crippen molar-refractivity contribution >= 4 is 0 Å². The van der Waals surface area contributed by atoms with Crippen LogP contribution in [0.15, 0.2) is 91.0 Å². The maximum absolute atomic E-state index is 5.96. The summed E-state index contributed by atoms with van der Waals surface area (Å²) in [6, 6.07) is 30.7. The second kappa shape index (κ2) is 7.28. The van der Waals surface area contributed by atoms with Crippen LogP contribution in [-0.2, 0) is 13.7 Å². The normalized spacial score (nSPS) is 10.7. The van der Waals surface area contributed by atoms with Crippen LogP contribution in [-0.4, -0.2) is 9.78 Å². The number of nitrogens with zero attached hydrogens (tertiary/aromatic N) is 2. The van der Waals surface area contributed by atoms with E-state index in [0.29, 0.717) is 6.61 Å². The Morgan fingerprint density at radius 1 is 0.769 bits per heavy atom. The molecule has 0 N–H and O–H groups in total. The molecule has 1 aromatic heterocycles. The third-order valence-electron chi connectivity index (χ3n) is 4.33. The molecular formula is C23H20N2O. The van der Waals surface area contributed by atoms with Gasteiger partial charge < -0.3 is 4.74 Å². The SMILES string of the molecule is Cn1nc(-c2ccccc2)cc1-c1cccc(OCc2ccccc2)c1. The molecule has 0 unspecified atom stereocenters. The molecule has 0 fully saturated rings. The van der Waals surface area contributed by atoms with Crippen molar-refractivity contribution in [2.75, 3.05) is 0 Å². The first kappa shape index (κ1) is 16.2. The number of benzene rings is 3. The highest BCUT2D eigenvalue weighted by Crippen LogP contribution is 2.28. The number of aryl methyl sites for hydroxylation is 1. The summed E-state index contributed by atoms with van der Waals surface area (Å²) in [7, 11) is 1.97. The monoisotopic (exact) mass is 340 g/mol. The van der Waals surface area contributed by atoms with E-state index in [1.54, 1.807) is 0 Å². The van der Waals surface area contributed by atoms with E-state index < -0.39 is 0 Å². The molecule has 0 saturated heterocycles. The molecule has 3 heteroatoms. The third kappa shape index (κ3) is 3.52. The standard InChI is InChI=1S/C23H20N2O/c1-25-23(16-22(24-25)19-11-6-3-7-12-19)20-13-8-14-21(15-20)26-17-18-9-4-2-5-10-18/h2-16H,17H2,1H3. The summed E-state index contributed by atoms with van der Waals surface area (Å²) in [5, 5.41) is 4.66. The van der Waals surface area contributed by atoms with Gasteiger partial charge in [0.2, 0.25) is 0 Å². The summed E-state index contributed by atoms with van der Waals surface area (Å²) in [5.41, 5.74) is 5.40. The van der Waals surface area contributed by atoms with Gasteiger partial charge in [0.05, 0.1) is 11.4 Å². The van der Waals surface area contributed by atoms with Crippen LogP contribution >= 0.6 is 0 Å². The van der Waals surface area contributed by atoms with Gasteiger partial charge in [-0.1, -0.05) is 72.8 Å². The zero-order valence-electron chi connectivity index (χ0n) is 14.7. The fourth-order valence-corrected chi connectivity index (χ4v) is 2.97. The molecule has 4 aromatic rings. The van der Waals surface area contributed by atoms with Crippen molar-refractivity contribution in [1.29, 1.82) is 0 Å². The first-order valence-electron chi connectivity index (χ1n) is 8.66. The Morgan fingerprint density at radius 3 is 2.23 bits per heavy atom. The first-order chi connectivity index (χ1) is 12.8. The number of rotatable bonds is 5. The fraction of sp³-hybridized carbons (Fsp3) is 0.0870. The van der Waals surface area contributed by atoms with E-state index in [2.05, 4.69) is 47.6 Å². The number of hydrogen-bond acceptors (Lipinski definition) is 2. The van der Waals surface area contributed by atoms with Crippen molar-refractivity contribution in [3.63, 3.8) is 0 Å². The van der Waals surface area contributed by atoms with Gasteiger partial charge in [0.1, 0.15) is 12.4 Å². The minimum Gasteiger partial charge on any atom is -0.489 e. The maximum Gasteiger partial charge on any atom is 0.120 e. The van der Waals surface area contributed by atoms with Gasteiger partial charge in [-0.15, -0.1) is 0 Å². The Bertz CT molecular complexity index is 991. The summed E-state index contributed by atoms with van der Waals surface area (Å²) in [6.07, 6.45) is 0. The van der Waals surface area contributed by atoms with E-state index in [9.17, 15) is 0 Å². The highest BCUT2D eigenvalue weighted by atomic mass is 16.5. The van der Waals surface area contributed by atoms with Crippen molar-refractivity contribution < 1.29 is 4.74 Å². The summed E-state index contributed by atoms with van der Waals surface area (Å²) < 4.78 is 7.87. The van der Waals surface area contributed by atoms with Crippen LogP contribution in [0.4, 0.5) is 0 Å². The molecule has 4 rings (SSSR count). The molecule has 128 valence electrons. The van der Waals surface area contributed by atoms with Gasteiger partial charge >= 0.3 is 0 Å². The average molecular weight is 340 g/mol. The zero-order valence-corrected chi connectivity index (χ0v) is 14.7. The van der Waals surface area contributed by atoms with E-state index in [0.717, 1.165) is 33.8 Å². The first-order valence-corrected chi connectivity index (χ1v) is 8.66. The zero-order chi connectivity index (χ0) is 17.8. The van der Waals surface area contributed by atoms with Crippen LogP contribution in [0.5, 0.6) is 5.75 Å². The quantitative estimate of drug-likeness (QED) is 0.491. The van der Waals surface area contributed by atoms with Crippen molar-refractivity contribution in [3.8, 4) is 28.3 Å². The molecule has 0 aliphatic carbocycles. The topological polar surface area (TPSA) is 27.1 Å². The molecule has 0 amide bonds. The van der Waals surface area contributed by atoms with Gasteiger partial charge in [-0.3, -0.25) is 4.68 Å². The van der Waals surface area contributed by atoms with Crippen molar-refractivity contribution in [3.05, 3.63) is 96.6 Å². The molecule has 0 saturated carbocycles. The van der Waals surface area contributed by atoms with E-state index in [-0.39, 0.29) is 0 Å². The molecule has 0 bridgehead atoms. The van der Waals surface area contributed by atoms with Gasteiger partial charge in [-0.25, -0.2) is 0 Å². The predicted molar refractivity (Wildman–Crippen MR) is 105 cm³/mol. The maximum atomic E-state index is 5.96. The third-order valence-corrected chi connectivity index (χ3v) is 4.33. The summed E-state index contributed by atoms with van der Waals surface area (Å²) in [6.45, 7) is 0.560. The minimum atomic E-state index is 0.560. The molecule has 0 radical (unpaired) electrons. The second-order valence-electron chi connectivity index (χ2n) is 6.21. The lowest BCUT2D eigenvalue weighted by Gasteiger charge is -2.08. The molecular weight excluding hydrogens is 320 g/mol. The number of hydrogen-bond donors (Lipinski definition) is 0. The van der Waals surface area contributed by atoms with Crippen LogP contribution in [0.2, 0.25) is 0 Å². The molecule has 0 aliphatic heterocycles. The summed E-state index contributed by atoms with van der Waals surface area (Å²) in [5.74, 6) is 0.855. The van der Waals surface area contributed by atoms with Crippen molar-refractivity contribution in [1.82, 2.24) is 9.78 Å². The van der Waals surface area contributed by atoms with Gasteiger partial charge in [-0.05, 0) is 23.8 Å². The van der Waals surface area contributed by atoms with Crippen LogP contribution in [0, 0.1) is 0 Å². The molecule has 0 aliphatic rings. The summed E-state index contributed by atoms with van der Waals surface area (Å²) in [4.78, 5) is 0. The Labute approximate surface area is 153 Å². The largest absolute Gasteiger partial charge is 0.489 e. The Balaban J connectivity index is 1.58. The molecule has 0 spiro atoms.